The van der Waals surface area contributed by atoms with Crippen LogP contribution in [0.5, 0.6) is 0 Å². The van der Waals surface area contributed by atoms with Crippen LogP contribution >= 0.6 is 15.9 Å². The summed E-state index contributed by atoms with van der Waals surface area (Å²) in [6.45, 7) is 0. The van der Waals surface area contributed by atoms with Gasteiger partial charge in [0, 0.05) is 6.20 Å². The minimum absolute atomic E-state index is 0.296. The molecule has 7 heteroatoms. The number of rotatable bonds is 4. The summed E-state index contributed by atoms with van der Waals surface area (Å²) in [4.78, 5) is 0.296. The highest BCUT2D eigenvalue weighted by atomic mass is 79.9. The number of hydrogen-bond acceptors (Lipinski definition) is 3. The minimum Gasteiger partial charge on any atom is -0.277 e. The molecule has 0 fully saturated rings. The van der Waals surface area contributed by atoms with Gasteiger partial charge in [-0.05, 0) is 70.6 Å². The predicted octanol–water partition coefficient (Wildman–Crippen LogP) is 3.92. The van der Waals surface area contributed by atoms with E-state index in [1.54, 1.807) is 41.3 Å². The zero-order valence-electron chi connectivity index (χ0n) is 13.3. The van der Waals surface area contributed by atoms with Crippen LogP contribution < -0.4 is 4.72 Å². The number of nitrogens with one attached hydrogen (secondary N) is 1. The molecule has 1 aliphatic rings. The Balaban J connectivity index is 1.70. The van der Waals surface area contributed by atoms with E-state index in [1.165, 1.54) is 5.56 Å². The van der Waals surface area contributed by atoms with E-state index >= 15 is 0 Å². The highest BCUT2D eigenvalue weighted by Crippen LogP contribution is 2.27. The summed E-state index contributed by atoms with van der Waals surface area (Å²) < 4.78 is 30.8. The number of hydrogen-bond donors (Lipinski definition) is 1. The lowest BCUT2D eigenvalue weighted by molar-refractivity contribution is 0.601. The number of sulfonamides is 1. The van der Waals surface area contributed by atoms with Gasteiger partial charge in [0.05, 0.1) is 26.9 Å². The normalized spacial score (nSPS) is 13.6. The van der Waals surface area contributed by atoms with Crippen LogP contribution in [-0.4, -0.2) is 18.2 Å². The molecular formula is C18H16BrN3O2S. The fourth-order valence-electron chi connectivity index (χ4n) is 3.11. The number of anilines is 1. The van der Waals surface area contributed by atoms with Gasteiger partial charge in [0.25, 0.3) is 10.0 Å². The molecule has 128 valence electrons. The number of aromatic nitrogens is 2. The van der Waals surface area contributed by atoms with Crippen LogP contribution in [0.1, 0.15) is 17.5 Å². The maximum Gasteiger partial charge on any atom is 0.261 e. The highest BCUT2D eigenvalue weighted by Gasteiger charge is 2.20. The van der Waals surface area contributed by atoms with Crippen LogP contribution in [0.15, 0.2) is 64.2 Å². The highest BCUT2D eigenvalue weighted by molar-refractivity contribution is 9.10. The van der Waals surface area contributed by atoms with Crippen LogP contribution in [-0.2, 0) is 22.9 Å². The second kappa shape index (κ2) is 6.31. The number of fused-ring (bicyclic) bond motifs is 1. The van der Waals surface area contributed by atoms with Crippen molar-refractivity contribution in [2.24, 2.45) is 0 Å². The second-order valence-corrected chi connectivity index (χ2v) is 8.61. The quantitative estimate of drug-likeness (QED) is 0.699. The molecule has 5 nitrogen and oxygen atoms in total. The molecule has 1 heterocycles. The molecule has 1 aromatic heterocycles. The molecule has 0 bridgehead atoms. The summed E-state index contributed by atoms with van der Waals surface area (Å²) >= 11 is 3.36. The summed E-state index contributed by atoms with van der Waals surface area (Å²) in [6, 6.07) is 12.6. The molecule has 0 unspecified atom stereocenters. The summed E-state index contributed by atoms with van der Waals surface area (Å²) in [5.74, 6) is 0. The minimum atomic E-state index is -3.66. The Labute approximate surface area is 154 Å². The Bertz CT molecular complexity index is 1040. The molecule has 0 spiro atoms. The van der Waals surface area contributed by atoms with Crippen molar-refractivity contribution in [3.8, 4) is 5.69 Å². The van der Waals surface area contributed by atoms with E-state index in [-0.39, 0.29) is 0 Å². The third-order valence-corrected chi connectivity index (χ3v) is 6.10. The fraction of sp³-hybridized carbons (Fsp3) is 0.167. The average Bonchev–Trinajstić information content (AvgIpc) is 3.23. The lowest BCUT2D eigenvalue weighted by atomic mass is 10.1. The number of aryl methyl sites for hydroxylation is 2. The Hall–Kier alpha value is -2.12. The van der Waals surface area contributed by atoms with Crippen molar-refractivity contribution in [3.63, 3.8) is 0 Å². The van der Waals surface area contributed by atoms with Crippen LogP contribution in [0, 0.1) is 0 Å². The smallest absolute Gasteiger partial charge is 0.261 e. The van der Waals surface area contributed by atoms with Gasteiger partial charge in [-0.3, -0.25) is 4.72 Å². The summed E-state index contributed by atoms with van der Waals surface area (Å²) in [5.41, 5.74) is 3.53. The van der Waals surface area contributed by atoms with Gasteiger partial charge >= 0.3 is 0 Å². The van der Waals surface area contributed by atoms with Crippen molar-refractivity contribution in [3.05, 3.63) is 70.5 Å². The van der Waals surface area contributed by atoms with Crippen molar-refractivity contribution in [1.29, 1.82) is 0 Å². The molecule has 0 amide bonds. The third kappa shape index (κ3) is 3.21. The van der Waals surface area contributed by atoms with Crippen molar-refractivity contribution >= 4 is 31.6 Å². The molecule has 0 atom stereocenters. The molecule has 1 N–H and O–H groups in total. The molecule has 0 saturated carbocycles. The van der Waals surface area contributed by atoms with Crippen molar-refractivity contribution in [2.45, 2.75) is 24.2 Å². The molecule has 25 heavy (non-hydrogen) atoms. The Kier molecular flexibility index (Phi) is 4.13. The maximum absolute atomic E-state index is 12.8. The Morgan fingerprint density at radius 1 is 1.08 bits per heavy atom. The fourth-order valence-corrected chi connectivity index (χ4v) is 4.52. The first-order chi connectivity index (χ1) is 12.0. The molecule has 0 aliphatic heterocycles. The van der Waals surface area contributed by atoms with E-state index in [0.29, 0.717) is 16.3 Å². The molecular weight excluding hydrogens is 402 g/mol. The summed E-state index contributed by atoms with van der Waals surface area (Å²) in [7, 11) is -3.66. The lowest BCUT2D eigenvalue weighted by Crippen LogP contribution is -2.15. The molecule has 0 saturated heterocycles. The molecule has 0 radical (unpaired) electrons. The number of para-hydroxylation sites is 2. The summed E-state index contributed by atoms with van der Waals surface area (Å²) in [6.07, 6.45) is 6.49. The van der Waals surface area contributed by atoms with Crippen LogP contribution in [0.2, 0.25) is 0 Å². The first-order valence-corrected chi connectivity index (χ1v) is 10.2. The zero-order chi connectivity index (χ0) is 17.4. The Morgan fingerprint density at radius 3 is 2.68 bits per heavy atom. The van der Waals surface area contributed by atoms with Gasteiger partial charge in [-0.1, -0.05) is 18.2 Å². The largest absolute Gasteiger partial charge is 0.277 e. The standard InChI is InChI=1S/C18H16BrN3O2S/c19-15-11-20-22(12-15)18-7-2-1-6-17(18)21-25(23,24)16-9-8-13-4-3-5-14(13)10-16/h1-2,6-12,21H,3-5H2. The van der Waals surface area contributed by atoms with E-state index in [4.69, 9.17) is 0 Å². The third-order valence-electron chi connectivity index (χ3n) is 4.33. The molecule has 2 aromatic carbocycles. The van der Waals surface area contributed by atoms with Crippen molar-refractivity contribution in [1.82, 2.24) is 9.78 Å². The zero-order valence-corrected chi connectivity index (χ0v) is 15.7. The first kappa shape index (κ1) is 16.4. The average molecular weight is 418 g/mol. The molecule has 4 rings (SSSR count). The first-order valence-electron chi connectivity index (χ1n) is 7.97. The van der Waals surface area contributed by atoms with Gasteiger partial charge in [-0.25, -0.2) is 13.1 Å². The van der Waals surface area contributed by atoms with Gasteiger partial charge in [0.15, 0.2) is 0 Å². The number of benzene rings is 2. The van der Waals surface area contributed by atoms with E-state index in [0.717, 1.165) is 29.3 Å². The lowest BCUT2D eigenvalue weighted by Gasteiger charge is -2.13. The molecule has 3 aromatic rings. The van der Waals surface area contributed by atoms with Gasteiger partial charge in [-0.2, -0.15) is 5.10 Å². The van der Waals surface area contributed by atoms with E-state index < -0.39 is 10.0 Å². The van der Waals surface area contributed by atoms with Gasteiger partial charge < -0.3 is 0 Å². The Morgan fingerprint density at radius 2 is 1.88 bits per heavy atom. The van der Waals surface area contributed by atoms with Crippen LogP contribution in [0.25, 0.3) is 5.69 Å². The van der Waals surface area contributed by atoms with E-state index in [2.05, 4.69) is 25.8 Å². The number of halogens is 1. The predicted molar refractivity (Wildman–Crippen MR) is 101 cm³/mol. The van der Waals surface area contributed by atoms with E-state index in [1.807, 2.05) is 18.2 Å². The SMILES string of the molecule is O=S(=O)(Nc1ccccc1-n1cc(Br)cn1)c1ccc2c(c1)CCC2. The van der Waals surface area contributed by atoms with Crippen LogP contribution in [0.4, 0.5) is 5.69 Å². The van der Waals surface area contributed by atoms with Gasteiger partial charge in [-0.15, -0.1) is 0 Å². The second-order valence-electron chi connectivity index (χ2n) is 6.01. The van der Waals surface area contributed by atoms with Crippen molar-refractivity contribution in [2.75, 3.05) is 4.72 Å². The number of nitrogens with zero attached hydrogens (tertiary/aromatic N) is 2. The molecule has 1 aliphatic carbocycles. The van der Waals surface area contributed by atoms with Crippen molar-refractivity contribution < 1.29 is 8.42 Å². The van der Waals surface area contributed by atoms with E-state index in [9.17, 15) is 8.42 Å². The maximum atomic E-state index is 12.8. The van der Waals surface area contributed by atoms with Gasteiger partial charge in [0.1, 0.15) is 0 Å². The van der Waals surface area contributed by atoms with Gasteiger partial charge in [0.2, 0.25) is 0 Å². The van der Waals surface area contributed by atoms with Crippen LogP contribution in [0.3, 0.4) is 0 Å². The monoisotopic (exact) mass is 417 g/mol. The summed E-state index contributed by atoms with van der Waals surface area (Å²) in [5, 5.41) is 4.23. The topological polar surface area (TPSA) is 64.0 Å².